The first-order valence-corrected chi connectivity index (χ1v) is 12.6. The van der Waals surface area contributed by atoms with Crippen LogP contribution in [0.1, 0.15) is 0 Å². The fraction of sp³-hybridized carbons (Fsp3) is 1.00. The summed E-state index contributed by atoms with van der Waals surface area (Å²) in [6, 6.07) is 0. The topological polar surface area (TPSA) is 308 Å². The number of aliphatic hydroxyl groups excluding tert-OH is 2. The van der Waals surface area contributed by atoms with Crippen molar-refractivity contribution in [3.8, 4) is 0 Å². The van der Waals surface area contributed by atoms with Crippen molar-refractivity contribution in [1.29, 1.82) is 0 Å². The summed E-state index contributed by atoms with van der Waals surface area (Å²) in [4.78, 5) is 70.9. The van der Waals surface area contributed by atoms with Gasteiger partial charge in [-0.3, -0.25) is 18.1 Å². The summed E-state index contributed by atoms with van der Waals surface area (Å²) in [5.41, 5.74) is 0. The quantitative estimate of drug-likeness (QED) is 0.145. The van der Waals surface area contributed by atoms with Crippen LogP contribution in [0, 0.1) is 0 Å². The van der Waals surface area contributed by atoms with Crippen molar-refractivity contribution in [2.75, 3.05) is 0 Å². The third-order valence-corrected chi connectivity index (χ3v) is 5.10. The van der Waals surface area contributed by atoms with Crippen molar-refractivity contribution in [3.05, 3.63) is 0 Å². The highest BCUT2D eigenvalue weighted by molar-refractivity contribution is 7.47. The van der Waals surface area contributed by atoms with Gasteiger partial charge in [0.15, 0.2) is 0 Å². The van der Waals surface area contributed by atoms with Gasteiger partial charge in [0, 0.05) is 0 Å². The second-order valence-corrected chi connectivity index (χ2v) is 9.99. The van der Waals surface area contributed by atoms with E-state index in [-0.39, 0.29) is 0 Å². The van der Waals surface area contributed by atoms with Gasteiger partial charge < -0.3 is 49.4 Å². The van der Waals surface area contributed by atoms with Crippen molar-refractivity contribution < 1.29 is 85.7 Å². The molecule has 0 radical (unpaired) electrons. The first-order valence-electron chi connectivity index (χ1n) is 6.52. The lowest BCUT2D eigenvalue weighted by Gasteiger charge is -2.45. The molecule has 0 bridgehead atoms. The smallest absolute Gasteiger partial charge is 0.387 e. The molecule has 0 aliphatic heterocycles. The Hall–Kier alpha value is 0.360. The molecule has 0 heterocycles. The summed E-state index contributed by atoms with van der Waals surface area (Å²) in [5.74, 6) is 0. The van der Waals surface area contributed by atoms with Gasteiger partial charge in [-0.15, -0.1) is 0 Å². The lowest BCUT2D eigenvalue weighted by Crippen LogP contribution is -2.65. The number of aliphatic hydroxyl groups is 2. The highest BCUT2D eigenvalue weighted by Crippen LogP contribution is 2.51. The fourth-order valence-electron chi connectivity index (χ4n) is 2.27. The largest absolute Gasteiger partial charge is 0.470 e. The molecule has 0 spiro atoms. The van der Waals surface area contributed by atoms with E-state index in [1.807, 2.05) is 0 Å². The van der Waals surface area contributed by atoms with Crippen LogP contribution in [0.3, 0.4) is 0 Å². The van der Waals surface area contributed by atoms with Crippen LogP contribution in [-0.4, -0.2) is 86.0 Å². The molecule has 28 heavy (non-hydrogen) atoms. The van der Waals surface area contributed by atoms with Crippen molar-refractivity contribution >= 4 is 31.3 Å². The van der Waals surface area contributed by atoms with Crippen molar-refractivity contribution in [3.63, 3.8) is 0 Å². The molecule has 1 aliphatic rings. The average Bonchev–Trinajstić information content (AvgIpc) is 2.39. The van der Waals surface area contributed by atoms with Gasteiger partial charge in [-0.05, 0) is 0 Å². The molecule has 10 N–H and O–H groups in total. The highest BCUT2D eigenvalue weighted by atomic mass is 31.2. The zero-order valence-corrected chi connectivity index (χ0v) is 16.6. The molecular weight excluding hydrogens is 484 g/mol. The SMILES string of the molecule is O=P(O)(O)O[C@@H]1C(O)[C@@H](OP(=O)(O)O)[C@H](OP(=O)(O)O)C(O)[C@H]1OP(=O)(O)O. The van der Waals surface area contributed by atoms with Gasteiger partial charge in [-0.25, -0.2) is 18.3 Å². The Labute approximate surface area is 154 Å². The second kappa shape index (κ2) is 8.85. The molecular formula is C6H16O18P4. The summed E-state index contributed by atoms with van der Waals surface area (Å²) >= 11 is 0. The minimum atomic E-state index is -5.59. The lowest BCUT2D eigenvalue weighted by molar-refractivity contribution is -0.208. The summed E-state index contributed by atoms with van der Waals surface area (Å²) in [5, 5.41) is 20.2. The standard InChI is InChI=1S/C6H16O18P4/c7-1-3(21-25(9,10)11)5(23-27(15,16)17)2(8)6(24-28(18,19)20)4(1)22-26(12,13)14/h1-8H,(H2,9,10,11)(H2,12,13,14)(H2,15,16,17)(H2,18,19,20)/t1?,2?,3-,4-,5-,6-/m1/s1. The van der Waals surface area contributed by atoms with Gasteiger partial charge in [0.1, 0.15) is 36.6 Å². The van der Waals surface area contributed by atoms with Crippen LogP contribution in [0.2, 0.25) is 0 Å². The summed E-state index contributed by atoms with van der Waals surface area (Å²) in [7, 11) is -22.3. The normalized spacial score (nSPS) is 33.1. The van der Waals surface area contributed by atoms with Crippen LogP contribution in [0.4, 0.5) is 0 Å². The number of hydrogen-bond donors (Lipinski definition) is 10. The Morgan fingerprint density at radius 1 is 0.429 bits per heavy atom. The van der Waals surface area contributed by atoms with Gasteiger partial charge in [-0.2, -0.15) is 0 Å². The molecule has 0 aromatic rings. The molecule has 0 aromatic heterocycles. The minimum Gasteiger partial charge on any atom is -0.387 e. The van der Waals surface area contributed by atoms with Gasteiger partial charge in [0.05, 0.1) is 0 Å². The highest BCUT2D eigenvalue weighted by Gasteiger charge is 2.58. The van der Waals surface area contributed by atoms with E-state index in [1.165, 1.54) is 0 Å². The number of rotatable bonds is 8. The van der Waals surface area contributed by atoms with Gasteiger partial charge >= 0.3 is 31.3 Å². The molecule has 4 atom stereocenters. The van der Waals surface area contributed by atoms with Gasteiger partial charge in [0.25, 0.3) is 0 Å². The van der Waals surface area contributed by atoms with E-state index in [2.05, 4.69) is 18.1 Å². The Kier molecular flexibility index (Phi) is 8.34. The first-order chi connectivity index (χ1) is 12.2. The molecule has 1 aliphatic carbocycles. The molecule has 1 saturated carbocycles. The zero-order valence-electron chi connectivity index (χ0n) is 13.0. The Bertz CT molecular complexity index is 604. The molecule has 0 saturated heterocycles. The molecule has 18 nitrogen and oxygen atoms in total. The van der Waals surface area contributed by atoms with E-state index in [0.717, 1.165) is 0 Å². The Morgan fingerprint density at radius 3 is 0.679 bits per heavy atom. The molecule has 0 aromatic carbocycles. The maximum Gasteiger partial charge on any atom is 0.470 e. The van der Waals surface area contributed by atoms with E-state index in [9.17, 15) is 28.5 Å². The Balaban J connectivity index is 3.47. The van der Waals surface area contributed by atoms with E-state index in [1.54, 1.807) is 0 Å². The van der Waals surface area contributed by atoms with Crippen molar-refractivity contribution in [2.24, 2.45) is 0 Å². The van der Waals surface area contributed by atoms with Gasteiger partial charge in [-0.1, -0.05) is 0 Å². The molecule has 22 heteroatoms. The average molecular weight is 500 g/mol. The zero-order chi connectivity index (χ0) is 22.3. The number of hydrogen-bond acceptors (Lipinski definition) is 10. The molecule has 0 unspecified atom stereocenters. The summed E-state index contributed by atoms with van der Waals surface area (Å²) in [6.45, 7) is 0. The van der Waals surface area contributed by atoms with E-state index < -0.39 is 67.9 Å². The molecule has 1 rings (SSSR count). The van der Waals surface area contributed by atoms with Crippen LogP contribution in [0.15, 0.2) is 0 Å². The van der Waals surface area contributed by atoms with Crippen LogP contribution in [0.5, 0.6) is 0 Å². The van der Waals surface area contributed by atoms with Crippen molar-refractivity contribution in [1.82, 2.24) is 0 Å². The molecule has 1 fully saturated rings. The van der Waals surface area contributed by atoms with Gasteiger partial charge in [0.2, 0.25) is 0 Å². The van der Waals surface area contributed by atoms with Crippen LogP contribution < -0.4 is 0 Å². The number of phosphoric acid groups is 4. The predicted octanol–water partition coefficient (Wildman–Crippen LogP) is -3.37. The number of phosphoric ester groups is 4. The monoisotopic (exact) mass is 500 g/mol. The third-order valence-electron chi connectivity index (χ3n) is 3.03. The maximum atomic E-state index is 11.0. The molecule has 168 valence electrons. The lowest BCUT2D eigenvalue weighted by atomic mass is 9.85. The van der Waals surface area contributed by atoms with E-state index in [0.29, 0.717) is 0 Å². The second-order valence-electron chi connectivity index (χ2n) is 5.22. The summed E-state index contributed by atoms with van der Waals surface area (Å²) in [6.07, 6.45) is -15.9. The molecule has 0 amide bonds. The predicted molar refractivity (Wildman–Crippen MR) is 79.7 cm³/mol. The van der Waals surface area contributed by atoms with E-state index in [4.69, 9.17) is 39.1 Å². The van der Waals surface area contributed by atoms with Crippen LogP contribution in [-0.2, 0) is 36.4 Å². The maximum absolute atomic E-state index is 11.0. The summed E-state index contributed by atoms with van der Waals surface area (Å²) < 4.78 is 60.4. The minimum absolute atomic E-state index is 2.61. The van der Waals surface area contributed by atoms with Crippen LogP contribution >= 0.6 is 31.3 Å². The fourth-order valence-corrected chi connectivity index (χ4v) is 4.52. The Morgan fingerprint density at radius 2 is 0.571 bits per heavy atom. The van der Waals surface area contributed by atoms with Crippen molar-refractivity contribution in [2.45, 2.75) is 36.6 Å². The third kappa shape index (κ3) is 8.62. The van der Waals surface area contributed by atoms with Crippen LogP contribution in [0.25, 0.3) is 0 Å². The first kappa shape index (κ1) is 26.4. The van der Waals surface area contributed by atoms with E-state index >= 15 is 0 Å².